The highest BCUT2D eigenvalue weighted by molar-refractivity contribution is 9.10. The second-order valence-electron chi connectivity index (χ2n) is 3.42. The lowest BCUT2D eigenvalue weighted by molar-refractivity contribution is -0.107. The Hall–Kier alpha value is -1.48. The number of aromatic nitrogens is 1. The van der Waals surface area contributed by atoms with E-state index in [-0.39, 0.29) is 0 Å². The number of halogens is 1. The van der Waals surface area contributed by atoms with E-state index in [1.165, 1.54) is 0 Å². The predicted molar refractivity (Wildman–Crippen MR) is 67.1 cm³/mol. The molecule has 1 heterocycles. The van der Waals surface area contributed by atoms with Gasteiger partial charge in [0.1, 0.15) is 6.29 Å². The smallest absolute Gasteiger partial charge is 0.125 e. The zero-order valence-corrected chi connectivity index (χ0v) is 10.1. The summed E-state index contributed by atoms with van der Waals surface area (Å²) < 4.78 is 1.06. The van der Waals surface area contributed by atoms with E-state index in [2.05, 4.69) is 20.9 Å². The molecule has 0 atom stereocenters. The molecule has 2 nitrogen and oxygen atoms in total. The number of carbonyl (C=O) groups is 1. The zero-order valence-electron chi connectivity index (χ0n) is 8.56. The Labute approximate surface area is 102 Å². The van der Waals surface area contributed by atoms with E-state index < -0.39 is 0 Å². The molecule has 0 spiro atoms. The van der Waals surface area contributed by atoms with Gasteiger partial charge in [-0.3, -0.25) is 4.98 Å². The van der Waals surface area contributed by atoms with Crippen LogP contribution < -0.4 is 0 Å². The summed E-state index contributed by atoms with van der Waals surface area (Å²) in [5, 5.41) is 0. The molecule has 0 amide bonds. The highest BCUT2D eigenvalue weighted by Crippen LogP contribution is 2.20. The molecule has 0 aliphatic heterocycles. The highest BCUT2D eigenvalue weighted by Gasteiger charge is 1.98. The van der Waals surface area contributed by atoms with Crippen LogP contribution in [0.25, 0.3) is 11.1 Å². The first-order valence-corrected chi connectivity index (χ1v) is 5.73. The van der Waals surface area contributed by atoms with Crippen molar-refractivity contribution in [1.29, 1.82) is 0 Å². The summed E-state index contributed by atoms with van der Waals surface area (Å²) >= 11 is 3.40. The molecular weight excluding hydrogens is 266 g/mol. The van der Waals surface area contributed by atoms with E-state index in [1.54, 1.807) is 6.20 Å². The van der Waals surface area contributed by atoms with Gasteiger partial charge >= 0.3 is 0 Å². The van der Waals surface area contributed by atoms with Crippen molar-refractivity contribution in [2.45, 2.75) is 6.42 Å². The van der Waals surface area contributed by atoms with Gasteiger partial charge in [0.2, 0.25) is 0 Å². The Bertz CT molecular complexity index is 476. The molecule has 3 heteroatoms. The normalized spacial score (nSPS) is 10.1. The standard InChI is InChI=1S/C13H10BrNO/c14-12-4-1-10(2-5-12)11-3-6-13(7-8-16)15-9-11/h1-6,8-9H,7H2. The zero-order chi connectivity index (χ0) is 11.4. The molecule has 0 N–H and O–H groups in total. The Morgan fingerprint density at radius 2 is 1.75 bits per heavy atom. The fraction of sp³-hybridized carbons (Fsp3) is 0.0769. The van der Waals surface area contributed by atoms with Crippen LogP contribution in [0.2, 0.25) is 0 Å². The van der Waals surface area contributed by atoms with E-state index in [0.29, 0.717) is 6.42 Å². The number of pyridine rings is 1. The van der Waals surface area contributed by atoms with Gasteiger partial charge in [0.25, 0.3) is 0 Å². The second kappa shape index (κ2) is 5.03. The lowest BCUT2D eigenvalue weighted by Crippen LogP contribution is -1.90. The maximum Gasteiger partial charge on any atom is 0.125 e. The van der Waals surface area contributed by atoms with Crippen LogP contribution >= 0.6 is 15.9 Å². The van der Waals surface area contributed by atoms with Gasteiger partial charge in [0.15, 0.2) is 0 Å². The van der Waals surface area contributed by atoms with Crippen molar-refractivity contribution in [3.8, 4) is 11.1 Å². The Balaban J connectivity index is 2.27. The molecule has 0 unspecified atom stereocenters. The average molecular weight is 276 g/mol. The van der Waals surface area contributed by atoms with Crippen LogP contribution in [0.4, 0.5) is 0 Å². The largest absolute Gasteiger partial charge is 0.303 e. The second-order valence-corrected chi connectivity index (χ2v) is 4.33. The molecule has 0 radical (unpaired) electrons. The third-order valence-electron chi connectivity index (χ3n) is 2.29. The van der Waals surface area contributed by atoms with Gasteiger partial charge in [0, 0.05) is 28.3 Å². The van der Waals surface area contributed by atoms with Gasteiger partial charge in [-0.25, -0.2) is 0 Å². The molecule has 1 aromatic heterocycles. The van der Waals surface area contributed by atoms with Crippen molar-refractivity contribution in [2.75, 3.05) is 0 Å². The van der Waals surface area contributed by atoms with Crippen molar-refractivity contribution < 1.29 is 4.79 Å². The molecule has 0 aliphatic carbocycles. The number of nitrogens with zero attached hydrogens (tertiary/aromatic N) is 1. The Kier molecular flexibility index (Phi) is 3.47. The number of carbonyl (C=O) groups excluding carboxylic acids is 1. The van der Waals surface area contributed by atoms with E-state index in [1.807, 2.05) is 36.4 Å². The molecule has 0 bridgehead atoms. The van der Waals surface area contributed by atoms with Crippen molar-refractivity contribution in [3.63, 3.8) is 0 Å². The van der Waals surface area contributed by atoms with E-state index in [4.69, 9.17) is 0 Å². The summed E-state index contributed by atoms with van der Waals surface area (Å²) in [6.07, 6.45) is 3.03. The maximum absolute atomic E-state index is 10.3. The van der Waals surface area contributed by atoms with Gasteiger partial charge in [0.05, 0.1) is 0 Å². The SMILES string of the molecule is O=CCc1ccc(-c2ccc(Br)cc2)cn1. The topological polar surface area (TPSA) is 30.0 Å². The molecule has 16 heavy (non-hydrogen) atoms. The molecular formula is C13H10BrNO. The first-order chi connectivity index (χ1) is 7.79. The predicted octanol–water partition coefficient (Wildman–Crippen LogP) is 3.25. The monoisotopic (exact) mass is 275 g/mol. The first-order valence-electron chi connectivity index (χ1n) is 4.94. The summed E-state index contributed by atoms with van der Waals surface area (Å²) in [7, 11) is 0. The minimum atomic E-state index is 0.376. The molecule has 80 valence electrons. The fourth-order valence-corrected chi connectivity index (χ4v) is 1.71. The third kappa shape index (κ3) is 2.55. The summed E-state index contributed by atoms with van der Waals surface area (Å²) in [6.45, 7) is 0. The summed E-state index contributed by atoms with van der Waals surface area (Å²) in [5.41, 5.74) is 2.98. The summed E-state index contributed by atoms with van der Waals surface area (Å²) in [5.74, 6) is 0. The van der Waals surface area contributed by atoms with Gasteiger partial charge in [-0.05, 0) is 23.8 Å². The van der Waals surface area contributed by atoms with Gasteiger partial charge < -0.3 is 4.79 Å². The summed E-state index contributed by atoms with van der Waals surface area (Å²) in [4.78, 5) is 14.5. The van der Waals surface area contributed by atoms with Crippen LogP contribution in [0.1, 0.15) is 5.69 Å². The lowest BCUT2D eigenvalue weighted by Gasteiger charge is -2.02. The fourth-order valence-electron chi connectivity index (χ4n) is 1.44. The lowest BCUT2D eigenvalue weighted by atomic mass is 10.1. The summed E-state index contributed by atoms with van der Waals surface area (Å²) in [6, 6.07) is 11.9. The molecule has 0 fully saturated rings. The highest BCUT2D eigenvalue weighted by atomic mass is 79.9. The number of rotatable bonds is 3. The number of aldehydes is 1. The van der Waals surface area contributed by atoms with Gasteiger partial charge in [-0.2, -0.15) is 0 Å². The Morgan fingerprint density at radius 3 is 2.31 bits per heavy atom. The molecule has 0 saturated heterocycles. The minimum absolute atomic E-state index is 0.376. The van der Waals surface area contributed by atoms with E-state index in [9.17, 15) is 4.79 Å². The van der Waals surface area contributed by atoms with Crippen LogP contribution in [0.3, 0.4) is 0 Å². The van der Waals surface area contributed by atoms with Crippen molar-refractivity contribution >= 4 is 22.2 Å². The van der Waals surface area contributed by atoms with Crippen LogP contribution in [0.15, 0.2) is 47.1 Å². The van der Waals surface area contributed by atoms with Crippen molar-refractivity contribution in [1.82, 2.24) is 4.98 Å². The van der Waals surface area contributed by atoms with Crippen LogP contribution in [0.5, 0.6) is 0 Å². The number of hydrogen-bond donors (Lipinski definition) is 0. The maximum atomic E-state index is 10.3. The third-order valence-corrected chi connectivity index (χ3v) is 2.82. The van der Waals surface area contributed by atoms with E-state index in [0.717, 1.165) is 27.6 Å². The molecule has 0 saturated carbocycles. The minimum Gasteiger partial charge on any atom is -0.303 e. The molecule has 2 aromatic rings. The quantitative estimate of drug-likeness (QED) is 0.805. The van der Waals surface area contributed by atoms with Crippen LogP contribution in [0, 0.1) is 0 Å². The van der Waals surface area contributed by atoms with E-state index >= 15 is 0 Å². The van der Waals surface area contributed by atoms with Crippen LogP contribution in [-0.4, -0.2) is 11.3 Å². The molecule has 1 aromatic carbocycles. The van der Waals surface area contributed by atoms with Crippen LogP contribution in [-0.2, 0) is 11.2 Å². The van der Waals surface area contributed by atoms with Crippen molar-refractivity contribution in [2.24, 2.45) is 0 Å². The number of hydrogen-bond acceptors (Lipinski definition) is 2. The Morgan fingerprint density at radius 1 is 1.06 bits per heavy atom. The number of benzene rings is 1. The van der Waals surface area contributed by atoms with Crippen molar-refractivity contribution in [3.05, 3.63) is 52.8 Å². The average Bonchev–Trinajstić information content (AvgIpc) is 2.32. The van der Waals surface area contributed by atoms with Gasteiger partial charge in [-0.1, -0.05) is 34.1 Å². The first kappa shape index (κ1) is 11.0. The molecule has 0 aliphatic rings. The molecule has 2 rings (SSSR count). The van der Waals surface area contributed by atoms with Gasteiger partial charge in [-0.15, -0.1) is 0 Å².